The summed E-state index contributed by atoms with van der Waals surface area (Å²) >= 11 is 0. The van der Waals surface area contributed by atoms with Crippen LogP contribution in [0, 0.1) is 46.3 Å². The minimum absolute atomic E-state index is 0.0994. The first-order chi connectivity index (χ1) is 13.7. The Morgan fingerprint density at radius 3 is 2.48 bits per heavy atom. The zero-order chi connectivity index (χ0) is 21.0. The second kappa shape index (κ2) is 7.97. The van der Waals surface area contributed by atoms with Gasteiger partial charge in [0, 0.05) is 0 Å². The Balaban J connectivity index is 1.49. The molecule has 0 amide bonds. The molecule has 0 radical (unpaired) electrons. The van der Waals surface area contributed by atoms with E-state index in [1.807, 2.05) is 0 Å². The van der Waals surface area contributed by atoms with Gasteiger partial charge < -0.3 is 10.2 Å². The SMILES string of the molecule is CC(C)C(O)CC[C@@H](C)[C@H]1CC[C@H]2[C@@H]3CC=C4C[C@H](O)CC[C@]4(C)[C@H]3CC[C@]12C. The predicted molar refractivity (Wildman–Crippen MR) is 120 cm³/mol. The van der Waals surface area contributed by atoms with Crippen molar-refractivity contribution in [3.8, 4) is 0 Å². The smallest absolute Gasteiger partial charge is 0.0577 e. The Hall–Kier alpha value is -0.340. The lowest BCUT2D eigenvalue weighted by Gasteiger charge is -2.58. The van der Waals surface area contributed by atoms with E-state index in [1.54, 1.807) is 5.57 Å². The summed E-state index contributed by atoms with van der Waals surface area (Å²) in [6.45, 7) is 11.9. The van der Waals surface area contributed by atoms with Gasteiger partial charge in [-0.25, -0.2) is 0 Å². The lowest BCUT2D eigenvalue weighted by molar-refractivity contribution is -0.0579. The molecule has 4 aliphatic rings. The maximum Gasteiger partial charge on any atom is 0.0577 e. The first-order valence-electron chi connectivity index (χ1n) is 12.7. The summed E-state index contributed by atoms with van der Waals surface area (Å²) < 4.78 is 0. The third kappa shape index (κ3) is 3.65. The van der Waals surface area contributed by atoms with E-state index in [0.717, 1.165) is 48.9 Å². The van der Waals surface area contributed by atoms with E-state index in [1.165, 1.54) is 44.9 Å². The summed E-state index contributed by atoms with van der Waals surface area (Å²) in [7, 11) is 0. The van der Waals surface area contributed by atoms with Crippen LogP contribution in [0.15, 0.2) is 11.6 Å². The van der Waals surface area contributed by atoms with E-state index in [4.69, 9.17) is 0 Å². The van der Waals surface area contributed by atoms with Gasteiger partial charge in [-0.2, -0.15) is 0 Å². The summed E-state index contributed by atoms with van der Waals surface area (Å²) in [5.74, 6) is 4.51. The van der Waals surface area contributed by atoms with Crippen LogP contribution < -0.4 is 0 Å². The second-order valence-corrected chi connectivity index (χ2v) is 12.3. The van der Waals surface area contributed by atoms with Crippen LogP contribution in [0.25, 0.3) is 0 Å². The van der Waals surface area contributed by atoms with Gasteiger partial charge in [0.25, 0.3) is 0 Å². The molecule has 2 N–H and O–H groups in total. The number of hydrogen-bond acceptors (Lipinski definition) is 2. The zero-order valence-electron chi connectivity index (χ0n) is 19.7. The molecule has 4 aliphatic carbocycles. The van der Waals surface area contributed by atoms with Gasteiger partial charge in [0.05, 0.1) is 12.2 Å². The second-order valence-electron chi connectivity index (χ2n) is 12.3. The third-order valence-corrected chi connectivity index (χ3v) is 10.5. The summed E-state index contributed by atoms with van der Waals surface area (Å²) in [6, 6.07) is 0. The summed E-state index contributed by atoms with van der Waals surface area (Å²) in [5.41, 5.74) is 2.44. The Morgan fingerprint density at radius 2 is 1.76 bits per heavy atom. The third-order valence-electron chi connectivity index (χ3n) is 10.5. The molecular weight excluding hydrogens is 356 g/mol. The van der Waals surface area contributed by atoms with Gasteiger partial charge in [0.2, 0.25) is 0 Å². The van der Waals surface area contributed by atoms with Crippen molar-refractivity contribution < 1.29 is 10.2 Å². The minimum Gasteiger partial charge on any atom is -0.393 e. The number of aliphatic hydroxyl groups excluding tert-OH is 2. The normalized spacial score (nSPS) is 46.5. The molecule has 1 unspecified atom stereocenters. The highest BCUT2D eigenvalue weighted by Gasteiger charge is 2.59. The highest BCUT2D eigenvalue weighted by molar-refractivity contribution is 5.25. The molecule has 0 aromatic heterocycles. The average molecular weight is 403 g/mol. The molecule has 9 atom stereocenters. The fraction of sp³-hybridized carbons (Fsp3) is 0.926. The molecular formula is C27H46O2. The molecule has 0 aromatic carbocycles. The van der Waals surface area contributed by atoms with Crippen LogP contribution in [0.4, 0.5) is 0 Å². The first-order valence-corrected chi connectivity index (χ1v) is 12.7. The van der Waals surface area contributed by atoms with E-state index in [-0.39, 0.29) is 12.2 Å². The lowest BCUT2D eigenvalue weighted by Crippen LogP contribution is -2.50. The van der Waals surface area contributed by atoms with Crippen LogP contribution in [0.5, 0.6) is 0 Å². The van der Waals surface area contributed by atoms with Crippen LogP contribution in [-0.4, -0.2) is 22.4 Å². The molecule has 3 saturated carbocycles. The van der Waals surface area contributed by atoms with Crippen LogP contribution in [0.3, 0.4) is 0 Å². The Labute approximate surface area is 179 Å². The fourth-order valence-corrected chi connectivity index (χ4v) is 8.59. The molecule has 0 spiro atoms. The van der Waals surface area contributed by atoms with Crippen molar-refractivity contribution >= 4 is 0 Å². The van der Waals surface area contributed by atoms with Crippen molar-refractivity contribution in [2.75, 3.05) is 0 Å². The standard InChI is InChI=1S/C27H46O2/c1-17(2)25(29)11-6-18(3)22-9-10-23-21-8-7-19-16-20(28)12-14-26(19,4)24(21)13-15-27(22,23)5/h7,17-18,20-25,28-29H,6,8-16H2,1-5H3/t18-,20-,21+,22-,23+,24+,25?,26+,27-/m1/s1. The van der Waals surface area contributed by atoms with Crippen LogP contribution in [-0.2, 0) is 0 Å². The van der Waals surface area contributed by atoms with Crippen LogP contribution in [0.1, 0.15) is 98.8 Å². The average Bonchev–Trinajstić information content (AvgIpc) is 3.03. The molecule has 3 fully saturated rings. The van der Waals surface area contributed by atoms with Crippen molar-refractivity contribution in [2.45, 2.75) is 111 Å². The van der Waals surface area contributed by atoms with Crippen molar-refractivity contribution in [2.24, 2.45) is 46.3 Å². The Bertz CT molecular complexity index is 624. The molecule has 0 aliphatic heterocycles. The summed E-state index contributed by atoms with van der Waals surface area (Å²) in [6.07, 6.45) is 14.4. The van der Waals surface area contributed by atoms with Gasteiger partial charge >= 0.3 is 0 Å². The quantitative estimate of drug-likeness (QED) is 0.525. The number of hydrogen-bond donors (Lipinski definition) is 2. The molecule has 2 heteroatoms. The molecule has 0 heterocycles. The van der Waals surface area contributed by atoms with E-state index in [9.17, 15) is 10.2 Å². The van der Waals surface area contributed by atoms with Crippen molar-refractivity contribution in [3.63, 3.8) is 0 Å². The van der Waals surface area contributed by atoms with E-state index < -0.39 is 0 Å². The van der Waals surface area contributed by atoms with E-state index >= 15 is 0 Å². The van der Waals surface area contributed by atoms with Crippen molar-refractivity contribution in [1.29, 1.82) is 0 Å². The molecule has 4 rings (SSSR count). The Morgan fingerprint density at radius 1 is 1.00 bits per heavy atom. The highest BCUT2D eigenvalue weighted by atomic mass is 16.3. The number of rotatable bonds is 5. The summed E-state index contributed by atoms with van der Waals surface area (Å²) in [4.78, 5) is 0. The van der Waals surface area contributed by atoms with Crippen molar-refractivity contribution in [3.05, 3.63) is 11.6 Å². The highest BCUT2D eigenvalue weighted by Crippen LogP contribution is 2.67. The lowest BCUT2D eigenvalue weighted by atomic mass is 9.47. The Kier molecular flexibility index (Phi) is 6.01. The number of aliphatic hydroxyl groups is 2. The number of allylic oxidation sites excluding steroid dienone is 1. The summed E-state index contributed by atoms with van der Waals surface area (Å²) in [5, 5.41) is 20.5. The molecule has 0 saturated heterocycles. The largest absolute Gasteiger partial charge is 0.393 e. The minimum atomic E-state index is -0.137. The monoisotopic (exact) mass is 402 g/mol. The van der Waals surface area contributed by atoms with Gasteiger partial charge in [0.1, 0.15) is 0 Å². The maximum absolute atomic E-state index is 10.3. The number of fused-ring (bicyclic) bond motifs is 5. The molecule has 0 aromatic rings. The zero-order valence-corrected chi connectivity index (χ0v) is 19.7. The predicted octanol–water partition coefficient (Wildman–Crippen LogP) is 6.36. The topological polar surface area (TPSA) is 40.5 Å². The van der Waals surface area contributed by atoms with Gasteiger partial charge in [-0.1, -0.05) is 46.3 Å². The fourth-order valence-electron chi connectivity index (χ4n) is 8.59. The van der Waals surface area contributed by atoms with Crippen LogP contribution >= 0.6 is 0 Å². The van der Waals surface area contributed by atoms with Gasteiger partial charge in [-0.3, -0.25) is 0 Å². The molecule has 166 valence electrons. The van der Waals surface area contributed by atoms with Gasteiger partial charge in [-0.05, 0) is 111 Å². The van der Waals surface area contributed by atoms with E-state index in [2.05, 4.69) is 40.7 Å². The molecule has 0 bridgehead atoms. The first kappa shape index (κ1) is 21.9. The maximum atomic E-state index is 10.3. The van der Waals surface area contributed by atoms with Gasteiger partial charge in [0.15, 0.2) is 0 Å². The molecule has 2 nitrogen and oxygen atoms in total. The molecule has 29 heavy (non-hydrogen) atoms. The van der Waals surface area contributed by atoms with E-state index in [0.29, 0.717) is 16.7 Å². The van der Waals surface area contributed by atoms with Crippen LogP contribution in [0.2, 0.25) is 0 Å². The van der Waals surface area contributed by atoms with Gasteiger partial charge in [-0.15, -0.1) is 0 Å². The van der Waals surface area contributed by atoms with Crippen molar-refractivity contribution in [1.82, 2.24) is 0 Å².